The Balaban J connectivity index is 1.34. The standard InChI is InChI=1S/C23H31N7O2/c1-2-24-23(26-13-11-21-28-22(32-29-21)18-9-4-5-12-25-18)27-17-19(20-10-8-16-31-20)30-14-6-3-7-15-30/h4-5,8-10,12,16,19H,2-3,6-7,11,13-15,17H2,1H3,(H2,24,26,27). The first-order valence-electron chi connectivity index (χ1n) is 11.4. The molecule has 3 aromatic rings. The minimum absolute atomic E-state index is 0.152. The summed E-state index contributed by atoms with van der Waals surface area (Å²) in [5.41, 5.74) is 0.677. The summed E-state index contributed by atoms with van der Waals surface area (Å²) in [6.45, 7) is 6.29. The number of pyridine rings is 1. The first-order valence-corrected chi connectivity index (χ1v) is 11.4. The highest BCUT2D eigenvalue weighted by molar-refractivity contribution is 5.79. The Morgan fingerprint density at radius 3 is 2.81 bits per heavy atom. The van der Waals surface area contributed by atoms with E-state index in [2.05, 4.69) is 37.6 Å². The Bertz CT molecular complexity index is 950. The van der Waals surface area contributed by atoms with Crippen LogP contribution >= 0.6 is 0 Å². The molecule has 1 aliphatic heterocycles. The van der Waals surface area contributed by atoms with Crippen molar-refractivity contribution in [2.45, 2.75) is 38.6 Å². The Hall–Kier alpha value is -3.20. The van der Waals surface area contributed by atoms with Gasteiger partial charge in [-0.1, -0.05) is 17.6 Å². The number of hydrogen-bond acceptors (Lipinski definition) is 7. The van der Waals surface area contributed by atoms with E-state index in [0.29, 0.717) is 36.9 Å². The lowest BCUT2D eigenvalue weighted by molar-refractivity contribution is 0.150. The van der Waals surface area contributed by atoms with Gasteiger partial charge in [0.05, 0.1) is 18.8 Å². The van der Waals surface area contributed by atoms with Crippen molar-refractivity contribution in [3.05, 3.63) is 54.4 Å². The van der Waals surface area contributed by atoms with Gasteiger partial charge < -0.3 is 19.6 Å². The minimum atomic E-state index is 0.152. The third-order valence-corrected chi connectivity index (χ3v) is 5.46. The second-order valence-electron chi connectivity index (χ2n) is 7.75. The van der Waals surface area contributed by atoms with Gasteiger partial charge in [-0.25, -0.2) is 0 Å². The zero-order valence-corrected chi connectivity index (χ0v) is 18.5. The van der Waals surface area contributed by atoms with Crippen LogP contribution in [-0.4, -0.2) is 58.7 Å². The predicted molar refractivity (Wildman–Crippen MR) is 122 cm³/mol. The number of nitrogens with zero attached hydrogens (tertiary/aromatic N) is 5. The molecule has 0 aromatic carbocycles. The highest BCUT2D eigenvalue weighted by Gasteiger charge is 2.24. The summed E-state index contributed by atoms with van der Waals surface area (Å²) in [7, 11) is 0. The molecule has 2 N–H and O–H groups in total. The number of nitrogens with one attached hydrogen (secondary N) is 2. The number of aromatic nitrogens is 3. The average Bonchev–Trinajstić information content (AvgIpc) is 3.53. The van der Waals surface area contributed by atoms with Crippen LogP contribution in [0, 0.1) is 0 Å². The summed E-state index contributed by atoms with van der Waals surface area (Å²) in [6.07, 6.45) is 7.82. The van der Waals surface area contributed by atoms with Gasteiger partial charge in [0.1, 0.15) is 11.5 Å². The summed E-state index contributed by atoms with van der Waals surface area (Å²) in [5, 5.41) is 10.8. The highest BCUT2D eigenvalue weighted by atomic mass is 16.5. The third-order valence-electron chi connectivity index (χ3n) is 5.46. The van der Waals surface area contributed by atoms with Crippen molar-refractivity contribution in [2.75, 3.05) is 32.7 Å². The van der Waals surface area contributed by atoms with E-state index in [9.17, 15) is 0 Å². The van der Waals surface area contributed by atoms with E-state index in [-0.39, 0.29) is 6.04 Å². The molecular weight excluding hydrogens is 406 g/mol. The van der Waals surface area contributed by atoms with Crippen molar-refractivity contribution in [2.24, 2.45) is 4.99 Å². The number of likely N-dealkylation sites (tertiary alicyclic amines) is 1. The molecule has 4 heterocycles. The van der Waals surface area contributed by atoms with E-state index < -0.39 is 0 Å². The number of furan rings is 1. The summed E-state index contributed by atoms with van der Waals surface area (Å²) < 4.78 is 11.1. The number of guanidine groups is 1. The maximum Gasteiger partial charge on any atom is 0.276 e. The quantitative estimate of drug-likeness (QED) is 0.389. The van der Waals surface area contributed by atoms with Crippen molar-refractivity contribution in [1.82, 2.24) is 30.7 Å². The van der Waals surface area contributed by atoms with E-state index in [0.717, 1.165) is 31.4 Å². The fourth-order valence-corrected chi connectivity index (χ4v) is 3.86. The van der Waals surface area contributed by atoms with Crippen LogP contribution in [0.25, 0.3) is 11.6 Å². The zero-order valence-electron chi connectivity index (χ0n) is 18.5. The molecule has 0 bridgehead atoms. The highest BCUT2D eigenvalue weighted by Crippen LogP contribution is 2.25. The molecule has 3 aromatic heterocycles. The zero-order chi connectivity index (χ0) is 22.0. The fraction of sp³-hybridized carbons (Fsp3) is 0.478. The SMILES string of the molecule is CCNC(=NCC(c1ccco1)N1CCCCC1)NCCc1noc(-c2ccccn2)n1. The number of hydrogen-bond donors (Lipinski definition) is 2. The van der Waals surface area contributed by atoms with Crippen LogP contribution in [0.3, 0.4) is 0 Å². The van der Waals surface area contributed by atoms with Gasteiger partial charge in [0, 0.05) is 25.7 Å². The molecule has 170 valence electrons. The van der Waals surface area contributed by atoms with Gasteiger partial charge in [-0.2, -0.15) is 4.98 Å². The van der Waals surface area contributed by atoms with Gasteiger partial charge >= 0.3 is 0 Å². The Labute approximate surface area is 188 Å². The molecule has 0 aliphatic carbocycles. The Morgan fingerprint density at radius 1 is 1.16 bits per heavy atom. The molecule has 32 heavy (non-hydrogen) atoms. The van der Waals surface area contributed by atoms with Crippen LogP contribution in [0.4, 0.5) is 0 Å². The van der Waals surface area contributed by atoms with Crippen LogP contribution in [0.15, 0.2) is 56.7 Å². The van der Waals surface area contributed by atoms with E-state index in [1.54, 1.807) is 12.5 Å². The van der Waals surface area contributed by atoms with Gasteiger partial charge in [-0.05, 0) is 57.1 Å². The topological polar surface area (TPSA) is 105 Å². The first-order chi connectivity index (χ1) is 15.8. The van der Waals surface area contributed by atoms with E-state index in [1.165, 1.54) is 19.3 Å². The average molecular weight is 438 g/mol. The number of rotatable bonds is 9. The van der Waals surface area contributed by atoms with Crippen molar-refractivity contribution in [3.8, 4) is 11.6 Å². The Morgan fingerprint density at radius 2 is 2.06 bits per heavy atom. The minimum Gasteiger partial charge on any atom is -0.468 e. The lowest BCUT2D eigenvalue weighted by Crippen LogP contribution is -2.40. The van der Waals surface area contributed by atoms with Crippen molar-refractivity contribution in [1.29, 1.82) is 0 Å². The summed E-state index contributed by atoms with van der Waals surface area (Å²) >= 11 is 0. The molecule has 1 unspecified atom stereocenters. The van der Waals surface area contributed by atoms with Gasteiger partial charge in [0.2, 0.25) is 0 Å². The van der Waals surface area contributed by atoms with E-state index in [1.807, 2.05) is 30.3 Å². The van der Waals surface area contributed by atoms with Crippen LogP contribution < -0.4 is 10.6 Å². The monoisotopic (exact) mass is 437 g/mol. The molecule has 0 saturated carbocycles. The van der Waals surface area contributed by atoms with Gasteiger partial charge in [-0.15, -0.1) is 0 Å². The normalized spacial score (nSPS) is 16.1. The molecule has 0 radical (unpaired) electrons. The first kappa shape index (κ1) is 22.0. The molecule has 1 atom stereocenters. The molecule has 1 saturated heterocycles. The smallest absolute Gasteiger partial charge is 0.276 e. The van der Waals surface area contributed by atoms with Crippen molar-refractivity contribution in [3.63, 3.8) is 0 Å². The summed E-state index contributed by atoms with van der Waals surface area (Å²) in [5.74, 6) is 2.81. The molecule has 0 spiro atoms. The molecule has 1 aliphatic rings. The lowest BCUT2D eigenvalue weighted by Gasteiger charge is -2.32. The van der Waals surface area contributed by atoms with Crippen LogP contribution in [-0.2, 0) is 6.42 Å². The predicted octanol–water partition coefficient (Wildman–Crippen LogP) is 3.05. The fourth-order valence-electron chi connectivity index (χ4n) is 3.86. The summed E-state index contributed by atoms with van der Waals surface area (Å²) in [6, 6.07) is 9.75. The van der Waals surface area contributed by atoms with Gasteiger partial charge in [-0.3, -0.25) is 14.9 Å². The van der Waals surface area contributed by atoms with Crippen LogP contribution in [0.2, 0.25) is 0 Å². The number of piperidine rings is 1. The van der Waals surface area contributed by atoms with E-state index >= 15 is 0 Å². The molecular formula is C23H31N7O2. The molecule has 9 heteroatoms. The van der Waals surface area contributed by atoms with Gasteiger partial charge in [0.25, 0.3) is 5.89 Å². The van der Waals surface area contributed by atoms with Gasteiger partial charge in [0.15, 0.2) is 11.8 Å². The third kappa shape index (κ3) is 5.94. The Kier molecular flexibility index (Phi) is 7.86. The summed E-state index contributed by atoms with van der Waals surface area (Å²) in [4.78, 5) is 16.0. The second-order valence-corrected chi connectivity index (χ2v) is 7.75. The largest absolute Gasteiger partial charge is 0.468 e. The van der Waals surface area contributed by atoms with Crippen molar-refractivity contribution < 1.29 is 8.94 Å². The maximum atomic E-state index is 5.74. The number of aliphatic imine (C=N–C) groups is 1. The molecule has 0 amide bonds. The van der Waals surface area contributed by atoms with Crippen LogP contribution in [0.5, 0.6) is 0 Å². The lowest BCUT2D eigenvalue weighted by atomic mass is 10.1. The second kappa shape index (κ2) is 11.4. The molecule has 4 rings (SSSR count). The van der Waals surface area contributed by atoms with E-state index in [4.69, 9.17) is 13.9 Å². The molecule has 1 fully saturated rings. The molecule has 9 nitrogen and oxygen atoms in total. The maximum absolute atomic E-state index is 5.74. The van der Waals surface area contributed by atoms with Crippen LogP contribution in [0.1, 0.15) is 43.8 Å². The van der Waals surface area contributed by atoms with Crippen molar-refractivity contribution >= 4 is 5.96 Å².